The zero-order valence-electron chi connectivity index (χ0n) is 12.8. The standard InChI is InChI=1S/C16H17BrN2O3S/c1-12-6-5-7-13(10-12)19(23(2,21)22)11-16(20)18-15-9-4-3-8-14(15)17/h3-10H,11H2,1-2H3,(H,18,20). The fourth-order valence-corrected chi connectivity index (χ4v) is 3.30. The summed E-state index contributed by atoms with van der Waals surface area (Å²) in [6, 6.07) is 14.2. The Labute approximate surface area is 144 Å². The van der Waals surface area contributed by atoms with Crippen molar-refractivity contribution in [2.24, 2.45) is 0 Å². The van der Waals surface area contributed by atoms with Crippen molar-refractivity contribution in [1.82, 2.24) is 0 Å². The van der Waals surface area contributed by atoms with E-state index < -0.39 is 15.9 Å². The molecule has 122 valence electrons. The molecule has 0 radical (unpaired) electrons. The van der Waals surface area contributed by atoms with Gasteiger partial charge < -0.3 is 5.32 Å². The number of hydrogen-bond donors (Lipinski definition) is 1. The van der Waals surface area contributed by atoms with Crippen LogP contribution < -0.4 is 9.62 Å². The van der Waals surface area contributed by atoms with Crippen LogP contribution in [0.4, 0.5) is 11.4 Å². The highest BCUT2D eigenvalue weighted by atomic mass is 79.9. The van der Waals surface area contributed by atoms with Crippen LogP contribution in [0.3, 0.4) is 0 Å². The Morgan fingerprint density at radius 3 is 2.48 bits per heavy atom. The molecule has 2 rings (SSSR count). The van der Waals surface area contributed by atoms with E-state index in [0.29, 0.717) is 11.4 Å². The van der Waals surface area contributed by atoms with Gasteiger partial charge in [0.1, 0.15) is 6.54 Å². The Hall–Kier alpha value is -1.86. The quantitative estimate of drug-likeness (QED) is 0.843. The van der Waals surface area contributed by atoms with Crippen LogP contribution in [0.1, 0.15) is 5.56 Å². The highest BCUT2D eigenvalue weighted by Gasteiger charge is 2.21. The molecule has 0 atom stereocenters. The molecule has 0 spiro atoms. The van der Waals surface area contributed by atoms with Gasteiger partial charge in [-0.3, -0.25) is 9.10 Å². The topological polar surface area (TPSA) is 66.5 Å². The van der Waals surface area contributed by atoms with Gasteiger partial charge in [-0.05, 0) is 52.7 Å². The lowest BCUT2D eigenvalue weighted by molar-refractivity contribution is -0.114. The van der Waals surface area contributed by atoms with E-state index in [0.717, 1.165) is 20.6 Å². The number of rotatable bonds is 5. The summed E-state index contributed by atoms with van der Waals surface area (Å²) in [5.74, 6) is -0.413. The Kier molecular flexibility index (Phi) is 5.43. The number of benzene rings is 2. The van der Waals surface area contributed by atoms with Crippen LogP contribution in [0.5, 0.6) is 0 Å². The first-order valence-electron chi connectivity index (χ1n) is 6.86. The van der Waals surface area contributed by atoms with Gasteiger partial charge in [-0.25, -0.2) is 8.42 Å². The highest BCUT2D eigenvalue weighted by Crippen LogP contribution is 2.22. The Bertz CT molecular complexity index is 822. The maximum Gasteiger partial charge on any atom is 0.245 e. The Morgan fingerprint density at radius 1 is 1.17 bits per heavy atom. The Balaban J connectivity index is 2.22. The van der Waals surface area contributed by atoms with Crippen LogP contribution in [0.2, 0.25) is 0 Å². The van der Waals surface area contributed by atoms with Gasteiger partial charge in [-0.15, -0.1) is 0 Å². The summed E-state index contributed by atoms with van der Waals surface area (Å²) in [5, 5.41) is 2.71. The van der Waals surface area contributed by atoms with E-state index in [4.69, 9.17) is 0 Å². The van der Waals surface area contributed by atoms with Gasteiger partial charge in [0, 0.05) is 4.47 Å². The normalized spacial score (nSPS) is 11.1. The molecule has 0 saturated carbocycles. The van der Waals surface area contributed by atoms with Crippen molar-refractivity contribution in [3.05, 3.63) is 58.6 Å². The summed E-state index contributed by atoms with van der Waals surface area (Å²) < 4.78 is 25.9. The number of sulfonamides is 1. The van der Waals surface area contributed by atoms with Crippen LogP contribution in [-0.2, 0) is 14.8 Å². The van der Waals surface area contributed by atoms with Gasteiger partial charge in [0.05, 0.1) is 17.6 Å². The van der Waals surface area contributed by atoms with Crippen molar-refractivity contribution in [2.75, 3.05) is 22.4 Å². The van der Waals surface area contributed by atoms with E-state index in [-0.39, 0.29) is 6.54 Å². The smallest absolute Gasteiger partial charge is 0.245 e. The van der Waals surface area contributed by atoms with Gasteiger partial charge in [0.25, 0.3) is 0 Å². The average Bonchev–Trinajstić information content (AvgIpc) is 2.46. The number of amides is 1. The largest absolute Gasteiger partial charge is 0.323 e. The lowest BCUT2D eigenvalue weighted by Gasteiger charge is -2.22. The third-order valence-corrected chi connectivity index (χ3v) is 4.96. The fourth-order valence-electron chi connectivity index (χ4n) is 2.07. The van der Waals surface area contributed by atoms with Crippen LogP contribution >= 0.6 is 15.9 Å². The molecule has 0 bridgehead atoms. The minimum atomic E-state index is -3.57. The number of nitrogens with one attached hydrogen (secondary N) is 1. The summed E-state index contributed by atoms with van der Waals surface area (Å²) in [5.41, 5.74) is 1.98. The van der Waals surface area contributed by atoms with Gasteiger partial charge in [0.15, 0.2) is 0 Å². The van der Waals surface area contributed by atoms with E-state index >= 15 is 0 Å². The van der Waals surface area contributed by atoms with Crippen molar-refractivity contribution >= 4 is 43.2 Å². The zero-order chi connectivity index (χ0) is 17.0. The minimum absolute atomic E-state index is 0.288. The molecular weight excluding hydrogens is 380 g/mol. The maximum absolute atomic E-state index is 12.2. The summed E-state index contributed by atoms with van der Waals surface area (Å²) in [6.45, 7) is 1.58. The number of aryl methyl sites for hydroxylation is 1. The first-order chi connectivity index (χ1) is 10.8. The van der Waals surface area contributed by atoms with Gasteiger partial charge in [-0.2, -0.15) is 0 Å². The van der Waals surface area contributed by atoms with Crippen LogP contribution in [-0.4, -0.2) is 27.1 Å². The second kappa shape index (κ2) is 7.14. The minimum Gasteiger partial charge on any atom is -0.323 e. The first kappa shape index (κ1) is 17.5. The second-order valence-electron chi connectivity index (χ2n) is 5.14. The number of nitrogens with zero attached hydrogens (tertiary/aromatic N) is 1. The van der Waals surface area contributed by atoms with E-state index in [1.807, 2.05) is 19.1 Å². The van der Waals surface area contributed by atoms with Crippen molar-refractivity contribution in [1.29, 1.82) is 0 Å². The van der Waals surface area contributed by atoms with E-state index in [1.54, 1.807) is 36.4 Å². The molecule has 23 heavy (non-hydrogen) atoms. The molecule has 0 aromatic heterocycles. The van der Waals surface area contributed by atoms with Gasteiger partial charge in [0.2, 0.25) is 15.9 Å². The molecule has 0 aliphatic carbocycles. The van der Waals surface area contributed by atoms with Crippen LogP contribution in [0.15, 0.2) is 53.0 Å². The number of para-hydroxylation sites is 1. The van der Waals surface area contributed by atoms with Crippen molar-refractivity contribution < 1.29 is 13.2 Å². The predicted octanol–water partition coefficient (Wildman–Crippen LogP) is 3.16. The maximum atomic E-state index is 12.2. The lowest BCUT2D eigenvalue weighted by atomic mass is 10.2. The molecule has 0 aliphatic rings. The molecule has 7 heteroatoms. The molecule has 2 aromatic rings. The number of carbonyl (C=O) groups excluding carboxylic acids is 1. The molecular formula is C16H17BrN2O3S. The van der Waals surface area contributed by atoms with Crippen molar-refractivity contribution in [3.8, 4) is 0 Å². The highest BCUT2D eigenvalue weighted by molar-refractivity contribution is 9.10. The number of halogens is 1. The lowest BCUT2D eigenvalue weighted by Crippen LogP contribution is -2.37. The van der Waals surface area contributed by atoms with Crippen molar-refractivity contribution in [3.63, 3.8) is 0 Å². The summed E-state index contributed by atoms with van der Waals surface area (Å²) in [7, 11) is -3.57. The van der Waals surface area contributed by atoms with E-state index in [2.05, 4.69) is 21.2 Å². The van der Waals surface area contributed by atoms with Gasteiger partial charge >= 0.3 is 0 Å². The van der Waals surface area contributed by atoms with E-state index in [9.17, 15) is 13.2 Å². The molecule has 2 aromatic carbocycles. The predicted molar refractivity (Wildman–Crippen MR) is 96.1 cm³/mol. The SMILES string of the molecule is Cc1cccc(N(CC(=O)Nc2ccccc2Br)S(C)(=O)=O)c1. The van der Waals surface area contributed by atoms with Crippen LogP contribution in [0, 0.1) is 6.92 Å². The fraction of sp³-hybridized carbons (Fsp3) is 0.188. The number of hydrogen-bond acceptors (Lipinski definition) is 3. The third-order valence-electron chi connectivity index (χ3n) is 3.13. The first-order valence-corrected chi connectivity index (χ1v) is 9.50. The zero-order valence-corrected chi connectivity index (χ0v) is 15.2. The summed E-state index contributed by atoms with van der Waals surface area (Å²) >= 11 is 3.34. The third kappa shape index (κ3) is 4.80. The molecule has 0 unspecified atom stereocenters. The molecule has 1 amide bonds. The number of carbonyl (C=O) groups is 1. The molecule has 5 nitrogen and oxygen atoms in total. The van der Waals surface area contributed by atoms with E-state index in [1.165, 1.54) is 0 Å². The Morgan fingerprint density at radius 2 is 1.87 bits per heavy atom. The second-order valence-corrected chi connectivity index (χ2v) is 7.90. The molecule has 1 N–H and O–H groups in total. The number of anilines is 2. The molecule has 0 saturated heterocycles. The molecule has 0 aliphatic heterocycles. The summed E-state index contributed by atoms with van der Waals surface area (Å²) in [4.78, 5) is 12.2. The molecule has 0 heterocycles. The summed E-state index contributed by atoms with van der Waals surface area (Å²) in [6.07, 6.45) is 1.08. The average molecular weight is 397 g/mol. The molecule has 0 fully saturated rings. The van der Waals surface area contributed by atoms with Gasteiger partial charge in [-0.1, -0.05) is 24.3 Å². The monoisotopic (exact) mass is 396 g/mol. The van der Waals surface area contributed by atoms with Crippen LogP contribution in [0.25, 0.3) is 0 Å². The van der Waals surface area contributed by atoms with Crippen molar-refractivity contribution in [2.45, 2.75) is 6.92 Å².